The van der Waals surface area contributed by atoms with Crippen LogP contribution in [0.1, 0.15) is 69.1 Å². The first kappa shape index (κ1) is 18.0. The standard InChI is InChI=1S/C22H32N2O/c1-15-11-17-14-22(2,3)24-20(18(17)12-19(15)23-4)13-21(25)16-9-7-5-6-8-10-16/h11-13,16,23-24H,5-10,14H2,1-4H3/b20-13-. The van der Waals surface area contributed by atoms with Crippen LogP contribution in [0, 0.1) is 12.8 Å². The molecule has 136 valence electrons. The van der Waals surface area contributed by atoms with Gasteiger partial charge < -0.3 is 10.6 Å². The van der Waals surface area contributed by atoms with Gasteiger partial charge in [0.1, 0.15) is 0 Å². The van der Waals surface area contributed by atoms with Crippen LogP contribution in [0.5, 0.6) is 0 Å². The Balaban J connectivity index is 1.96. The monoisotopic (exact) mass is 340 g/mol. The van der Waals surface area contributed by atoms with E-state index < -0.39 is 0 Å². The predicted octanol–water partition coefficient (Wildman–Crippen LogP) is 4.84. The van der Waals surface area contributed by atoms with E-state index in [9.17, 15) is 4.79 Å². The molecule has 0 amide bonds. The number of carbonyl (C=O) groups is 1. The summed E-state index contributed by atoms with van der Waals surface area (Å²) in [5.41, 5.74) is 5.87. The number of ketones is 1. The van der Waals surface area contributed by atoms with Crippen molar-refractivity contribution >= 4 is 17.2 Å². The molecule has 2 aliphatic rings. The zero-order valence-electron chi connectivity index (χ0n) is 16.2. The maximum Gasteiger partial charge on any atom is 0.160 e. The highest BCUT2D eigenvalue weighted by Gasteiger charge is 2.29. The summed E-state index contributed by atoms with van der Waals surface area (Å²) < 4.78 is 0. The highest BCUT2D eigenvalue weighted by atomic mass is 16.1. The number of benzene rings is 1. The maximum atomic E-state index is 12.9. The third kappa shape index (κ3) is 4.08. The number of aryl methyl sites for hydroxylation is 1. The average Bonchev–Trinajstić information content (AvgIpc) is 2.82. The molecule has 1 aromatic carbocycles. The fourth-order valence-corrected chi connectivity index (χ4v) is 4.32. The molecule has 0 saturated heterocycles. The molecule has 1 aromatic rings. The third-order valence-electron chi connectivity index (χ3n) is 5.66. The van der Waals surface area contributed by atoms with Crippen molar-refractivity contribution in [2.24, 2.45) is 5.92 Å². The molecule has 3 rings (SSSR count). The third-order valence-corrected chi connectivity index (χ3v) is 5.66. The molecular formula is C22H32N2O. The van der Waals surface area contributed by atoms with Gasteiger partial charge in [0.05, 0.1) is 0 Å². The second-order valence-electron chi connectivity index (χ2n) is 8.41. The van der Waals surface area contributed by atoms with Crippen molar-refractivity contribution in [3.8, 4) is 0 Å². The SMILES string of the molecule is CNc1cc2c(cc1C)CC(C)(C)N/C2=C\C(=O)C1CCCCCC1. The van der Waals surface area contributed by atoms with Crippen molar-refractivity contribution in [1.29, 1.82) is 0 Å². The fraction of sp³-hybridized carbons (Fsp3) is 0.591. The Morgan fingerprint density at radius 1 is 1.20 bits per heavy atom. The van der Waals surface area contributed by atoms with Crippen LogP contribution in [-0.4, -0.2) is 18.4 Å². The van der Waals surface area contributed by atoms with Crippen LogP contribution in [0.4, 0.5) is 5.69 Å². The molecule has 1 fully saturated rings. The normalized spacial score (nSPS) is 22.0. The van der Waals surface area contributed by atoms with Crippen LogP contribution in [0.3, 0.4) is 0 Å². The van der Waals surface area contributed by atoms with Crippen LogP contribution >= 0.6 is 0 Å². The van der Waals surface area contributed by atoms with Gasteiger partial charge >= 0.3 is 0 Å². The van der Waals surface area contributed by atoms with Gasteiger partial charge in [0.25, 0.3) is 0 Å². The minimum absolute atomic E-state index is 0.0316. The first-order valence-electron chi connectivity index (χ1n) is 9.75. The molecule has 0 spiro atoms. The van der Waals surface area contributed by atoms with E-state index in [0.717, 1.165) is 30.6 Å². The zero-order valence-corrected chi connectivity index (χ0v) is 16.2. The number of hydrogen-bond donors (Lipinski definition) is 2. The summed E-state index contributed by atoms with van der Waals surface area (Å²) in [6, 6.07) is 4.47. The molecule has 1 heterocycles. The largest absolute Gasteiger partial charge is 0.388 e. The Kier molecular flexibility index (Phi) is 5.21. The van der Waals surface area contributed by atoms with Crippen LogP contribution in [0.15, 0.2) is 18.2 Å². The second kappa shape index (κ2) is 7.23. The molecular weight excluding hydrogens is 308 g/mol. The van der Waals surface area contributed by atoms with Crippen molar-refractivity contribution in [2.75, 3.05) is 12.4 Å². The van der Waals surface area contributed by atoms with E-state index in [2.05, 4.69) is 43.5 Å². The smallest absolute Gasteiger partial charge is 0.160 e. The van der Waals surface area contributed by atoms with E-state index in [1.165, 1.54) is 42.4 Å². The van der Waals surface area contributed by atoms with Crippen LogP contribution < -0.4 is 10.6 Å². The molecule has 1 saturated carbocycles. The van der Waals surface area contributed by atoms with Crippen LogP contribution in [-0.2, 0) is 11.2 Å². The average molecular weight is 341 g/mol. The number of hydrogen-bond acceptors (Lipinski definition) is 3. The summed E-state index contributed by atoms with van der Waals surface area (Å²) in [6.45, 7) is 6.56. The molecule has 0 radical (unpaired) electrons. The van der Waals surface area contributed by atoms with Gasteiger partial charge in [0.15, 0.2) is 5.78 Å². The Bertz CT molecular complexity index is 680. The lowest BCUT2D eigenvalue weighted by Gasteiger charge is -2.36. The number of allylic oxidation sites excluding steroid dienone is 1. The minimum Gasteiger partial charge on any atom is -0.388 e. The van der Waals surface area contributed by atoms with E-state index in [4.69, 9.17) is 0 Å². The van der Waals surface area contributed by atoms with Gasteiger partial charge in [-0.25, -0.2) is 0 Å². The summed E-state index contributed by atoms with van der Waals surface area (Å²) in [5, 5.41) is 6.89. The molecule has 3 heteroatoms. The quantitative estimate of drug-likeness (QED) is 0.611. The Morgan fingerprint density at radius 2 is 1.88 bits per heavy atom. The van der Waals surface area contributed by atoms with Crippen molar-refractivity contribution in [3.63, 3.8) is 0 Å². The van der Waals surface area contributed by atoms with E-state index in [0.29, 0.717) is 5.78 Å². The molecule has 1 aliphatic carbocycles. The van der Waals surface area contributed by atoms with Gasteiger partial charge in [-0.15, -0.1) is 0 Å². The summed E-state index contributed by atoms with van der Waals surface area (Å²) in [7, 11) is 1.95. The van der Waals surface area contributed by atoms with E-state index >= 15 is 0 Å². The molecule has 1 aliphatic heterocycles. The topological polar surface area (TPSA) is 41.1 Å². The van der Waals surface area contributed by atoms with Crippen molar-refractivity contribution < 1.29 is 4.79 Å². The lowest BCUT2D eigenvalue weighted by atomic mass is 9.83. The number of carbonyl (C=O) groups excluding carboxylic acids is 1. The summed E-state index contributed by atoms with van der Waals surface area (Å²) >= 11 is 0. The van der Waals surface area contributed by atoms with Crippen LogP contribution in [0.2, 0.25) is 0 Å². The van der Waals surface area contributed by atoms with Gasteiger partial charge in [-0.2, -0.15) is 0 Å². The second-order valence-corrected chi connectivity index (χ2v) is 8.41. The summed E-state index contributed by atoms with van der Waals surface area (Å²) in [4.78, 5) is 12.9. The van der Waals surface area contributed by atoms with Crippen molar-refractivity contribution in [3.05, 3.63) is 34.9 Å². The van der Waals surface area contributed by atoms with E-state index in [1.807, 2.05) is 13.1 Å². The number of nitrogens with one attached hydrogen (secondary N) is 2. The van der Waals surface area contributed by atoms with Crippen molar-refractivity contribution in [2.45, 2.75) is 71.3 Å². The number of fused-ring (bicyclic) bond motifs is 1. The lowest BCUT2D eigenvalue weighted by Crippen LogP contribution is -2.44. The molecule has 0 atom stereocenters. The number of anilines is 1. The Hall–Kier alpha value is -1.77. The van der Waals surface area contributed by atoms with Gasteiger partial charge in [-0.05, 0) is 57.2 Å². The van der Waals surface area contributed by atoms with Gasteiger partial charge in [0.2, 0.25) is 0 Å². The van der Waals surface area contributed by atoms with Gasteiger partial charge in [-0.3, -0.25) is 4.79 Å². The molecule has 0 aromatic heterocycles. The van der Waals surface area contributed by atoms with E-state index in [1.54, 1.807) is 0 Å². The molecule has 3 nitrogen and oxygen atoms in total. The van der Waals surface area contributed by atoms with Crippen LogP contribution in [0.25, 0.3) is 5.70 Å². The van der Waals surface area contributed by atoms with E-state index in [-0.39, 0.29) is 11.5 Å². The zero-order chi connectivity index (χ0) is 18.0. The minimum atomic E-state index is -0.0316. The van der Waals surface area contributed by atoms with Crippen molar-refractivity contribution in [1.82, 2.24) is 5.32 Å². The molecule has 0 bridgehead atoms. The first-order valence-corrected chi connectivity index (χ1v) is 9.75. The Labute approximate surface area is 152 Å². The first-order chi connectivity index (χ1) is 11.9. The fourth-order valence-electron chi connectivity index (χ4n) is 4.32. The highest BCUT2D eigenvalue weighted by Crippen LogP contribution is 2.34. The molecule has 0 unspecified atom stereocenters. The molecule has 2 N–H and O–H groups in total. The Morgan fingerprint density at radius 3 is 2.52 bits per heavy atom. The maximum absolute atomic E-state index is 12.9. The summed E-state index contributed by atoms with van der Waals surface area (Å²) in [5.74, 6) is 0.513. The van der Waals surface area contributed by atoms with Gasteiger partial charge in [-0.1, -0.05) is 31.7 Å². The van der Waals surface area contributed by atoms with Gasteiger partial charge in [0, 0.05) is 41.5 Å². The number of rotatable bonds is 3. The summed E-state index contributed by atoms with van der Waals surface area (Å²) in [6.07, 6.45) is 9.91. The highest BCUT2D eigenvalue weighted by molar-refractivity contribution is 5.98. The predicted molar refractivity (Wildman–Crippen MR) is 106 cm³/mol. The molecule has 25 heavy (non-hydrogen) atoms. The lowest BCUT2D eigenvalue weighted by molar-refractivity contribution is -0.118.